The van der Waals surface area contributed by atoms with Gasteiger partial charge in [0.25, 0.3) is 5.91 Å². The third-order valence-electron chi connectivity index (χ3n) is 5.44. The van der Waals surface area contributed by atoms with Gasteiger partial charge in [-0.2, -0.15) is 4.98 Å². The van der Waals surface area contributed by atoms with Crippen LogP contribution in [0.3, 0.4) is 0 Å². The van der Waals surface area contributed by atoms with Crippen LogP contribution in [0.15, 0.2) is 47.0 Å². The molecule has 162 valence electrons. The summed E-state index contributed by atoms with van der Waals surface area (Å²) in [5.41, 5.74) is 1.32. The van der Waals surface area contributed by atoms with Crippen LogP contribution in [0, 0.1) is 0 Å². The second kappa shape index (κ2) is 9.07. The van der Waals surface area contributed by atoms with Crippen LogP contribution >= 0.6 is 0 Å². The van der Waals surface area contributed by atoms with Crippen LogP contribution in [-0.4, -0.2) is 48.8 Å². The quantitative estimate of drug-likeness (QED) is 0.589. The van der Waals surface area contributed by atoms with Crippen LogP contribution in [0.1, 0.15) is 41.6 Å². The van der Waals surface area contributed by atoms with Crippen LogP contribution in [0.5, 0.6) is 17.2 Å². The minimum Gasteiger partial charge on any atom is -0.497 e. The highest BCUT2D eigenvalue weighted by molar-refractivity contribution is 5.95. The first-order valence-electron chi connectivity index (χ1n) is 10.1. The summed E-state index contributed by atoms with van der Waals surface area (Å²) in [4.78, 5) is 19.8. The molecule has 1 aliphatic heterocycles. The smallest absolute Gasteiger partial charge is 0.254 e. The number of aromatic nitrogens is 2. The first-order chi connectivity index (χ1) is 15.1. The molecule has 0 saturated carbocycles. The molecule has 8 nitrogen and oxygen atoms in total. The van der Waals surface area contributed by atoms with Crippen molar-refractivity contribution in [1.82, 2.24) is 15.0 Å². The van der Waals surface area contributed by atoms with Crippen molar-refractivity contribution in [2.24, 2.45) is 0 Å². The first kappa shape index (κ1) is 20.7. The minimum absolute atomic E-state index is 0.119. The molecule has 0 bridgehead atoms. The van der Waals surface area contributed by atoms with Gasteiger partial charge in [-0.25, -0.2) is 0 Å². The molecule has 4 rings (SSSR count). The van der Waals surface area contributed by atoms with Crippen molar-refractivity contribution >= 4 is 5.91 Å². The number of rotatable bonds is 6. The lowest BCUT2D eigenvalue weighted by Gasteiger charge is -2.33. The van der Waals surface area contributed by atoms with Crippen LogP contribution in [0.4, 0.5) is 0 Å². The largest absolute Gasteiger partial charge is 0.497 e. The van der Waals surface area contributed by atoms with Crippen molar-refractivity contribution in [3.63, 3.8) is 0 Å². The Morgan fingerprint density at radius 2 is 1.65 bits per heavy atom. The number of methoxy groups -OCH3 is 3. The molecule has 1 fully saturated rings. The van der Waals surface area contributed by atoms with E-state index in [0.29, 0.717) is 35.3 Å². The molecule has 0 N–H and O–H groups in total. The Morgan fingerprint density at radius 3 is 2.29 bits per heavy atom. The Hall–Kier alpha value is -3.55. The predicted octanol–water partition coefficient (Wildman–Crippen LogP) is 4.13. The highest BCUT2D eigenvalue weighted by atomic mass is 16.5. The summed E-state index contributed by atoms with van der Waals surface area (Å²) >= 11 is 0. The SMILES string of the molecule is COc1ccc(-c2noc(C3CCCCN3C(=O)c3cc(OC)cc(OC)c3)n2)cc1. The van der Waals surface area contributed by atoms with E-state index in [2.05, 4.69) is 10.1 Å². The van der Waals surface area contributed by atoms with Gasteiger partial charge >= 0.3 is 0 Å². The lowest BCUT2D eigenvalue weighted by Crippen LogP contribution is -2.38. The van der Waals surface area contributed by atoms with Gasteiger partial charge in [-0.05, 0) is 55.7 Å². The minimum atomic E-state index is -0.280. The molecule has 0 spiro atoms. The van der Waals surface area contributed by atoms with E-state index in [1.165, 1.54) is 0 Å². The fourth-order valence-corrected chi connectivity index (χ4v) is 3.76. The van der Waals surface area contributed by atoms with Gasteiger partial charge in [-0.3, -0.25) is 4.79 Å². The van der Waals surface area contributed by atoms with Crippen molar-refractivity contribution < 1.29 is 23.5 Å². The third kappa shape index (κ3) is 4.33. The van der Waals surface area contributed by atoms with E-state index in [4.69, 9.17) is 18.7 Å². The van der Waals surface area contributed by atoms with Gasteiger partial charge in [0.1, 0.15) is 23.3 Å². The van der Waals surface area contributed by atoms with E-state index in [0.717, 1.165) is 30.6 Å². The topological polar surface area (TPSA) is 86.9 Å². The second-order valence-electron chi connectivity index (χ2n) is 7.30. The number of nitrogens with zero attached hydrogens (tertiary/aromatic N) is 3. The number of hydrogen-bond acceptors (Lipinski definition) is 7. The lowest BCUT2D eigenvalue weighted by atomic mass is 10.0. The molecule has 1 amide bonds. The first-order valence-corrected chi connectivity index (χ1v) is 10.1. The molecule has 2 aromatic carbocycles. The number of piperidine rings is 1. The fraction of sp³-hybridized carbons (Fsp3) is 0.348. The van der Waals surface area contributed by atoms with Gasteiger partial charge in [-0.15, -0.1) is 0 Å². The molecule has 8 heteroatoms. The molecule has 0 radical (unpaired) electrons. The zero-order chi connectivity index (χ0) is 21.8. The number of likely N-dealkylation sites (tertiary alicyclic amines) is 1. The normalized spacial score (nSPS) is 16.1. The van der Waals surface area contributed by atoms with Crippen LogP contribution in [0.2, 0.25) is 0 Å². The summed E-state index contributed by atoms with van der Waals surface area (Å²) in [6.07, 6.45) is 2.66. The maximum Gasteiger partial charge on any atom is 0.254 e. The molecule has 1 saturated heterocycles. The van der Waals surface area contributed by atoms with E-state index in [-0.39, 0.29) is 11.9 Å². The Kier molecular flexibility index (Phi) is 6.06. The summed E-state index contributed by atoms with van der Waals surface area (Å²) in [6.45, 7) is 0.614. The Labute approximate surface area is 180 Å². The van der Waals surface area contributed by atoms with E-state index in [1.807, 2.05) is 24.3 Å². The van der Waals surface area contributed by atoms with Gasteiger partial charge in [0, 0.05) is 23.7 Å². The average Bonchev–Trinajstić information content (AvgIpc) is 3.33. The zero-order valence-corrected chi connectivity index (χ0v) is 17.8. The molecule has 3 aromatic rings. The van der Waals surface area contributed by atoms with Crippen molar-refractivity contribution in [1.29, 1.82) is 0 Å². The number of carbonyl (C=O) groups is 1. The number of ether oxygens (including phenoxy) is 3. The maximum absolute atomic E-state index is 13.4. The Morgan fingerprint density at radius 1 is 0.968 bits per heavy atom. The number of carbonyl (C=O) groups excluding carboxylic acids is 1. The number of amides is 1. The van der Waals surface area contributed by atoms with Gasteiger partial charge < -0.3 is 23.6 Å². The third-order valence-corrected chi connectivity index (χ3v) is 5.44. The van der Waals surface area contributed by atoms with Crippen LogP contribution in [-0.2, 0) is 0 Å². The Balaban J connectivity index is 1.61. The van der Waals surface area contributed by atoms with Gasteiger partial charge in [0.05, 0.1) is 21.3 Å². The number of benzene rings is 2. The molecule has 31 heavy (non-hydrogen) atoms. The summed E-state index contributed by atoms with van der Waals surface area (Å²) in [5.74, 6) is 2.69. The molecule has 1 aliphatic rings. The average molecular weight is 423 g/mol. The highest BCUT2D eigenvalue weighted by Gasteiger charge is 2.33. The molecule has 0 aliphatic carbocycles. The van der Waals surface area contributed by atoms with E-state index in [1.54, 1.807) is 44.4 Å². The van der Waals surface area contributed by atoms with Crippen molar-refractivity contribution in [3.05, 3.63) is 53.9 Å². The zero-order valence-electron chi connectivity index (χ0n) is 17.8. The monoisotopic (exact) mass is 423 g/mol. The molecule has 1 aromatic heterocycles. The van der Waals surface area contributed by atoms with Gasteiger partial charge in [-0.1, -0.05) is 5.16 Å². The van der Waals surface area contributed by atoms with Crippen molar-refractivity contribution in [2.45, 2.75) is 25.3 Å². The Bertz CT molecular complexity index is 1030. The van der Waals surface area contributed by atoms with E-state index < -0.39 is 0 Å². The van der Waals surface area contributed by atoms with Crippen LogP contribution < -0.4 is 14.2 Å². The predicted molar refractivity (Wildman–Crippen MR) is 113 cm³/mol. The molecular weight excluding hydrogens is 398 g/mol. The summed E-state index contributed by atoms with van der Waals surface area (Å²) in [6, 6.07) is 12.3. The molecular formula is C23H25N3O5. The standard InChI is InChI=1S/C23H25N3O5/c1-28-17-9-7-15(8-10-17)21-24-22(31-25-21)20-6-4-5-11-26(20)23(27)16-12-18(29-2)14-19(13-16)30-3/h7-10,12-14,20H,4-6,11H2,1-3H3. The fourth-order valence-electron chi connectivity index (χ4n) is 3.76. The second-order valence-corrected chi connectivity index (χ2v) is 7.30. The van der Waals surface area contributed by atoms with Crippen molar-refractivity contribution in [2.75, 3.05) is 27.9 Å². The molecule has 2 heterocycles. The van der Waals surface area contributed by atoms with Crippen molar-refractivity contribution in [3.8, 4) is 28.6 Å². The van der Waals surface area contributed by atoms with Gasteiger partial charge in [0.2, 0.25) is 11.7 Å². The van der Waals surface area contributed by atoms with E-state index in [9.17, 15) is 4.79 Å². The summed E-state index contributed by atoms with van der Waals surface area (Å²) < 4.78 is 21.4. The van der Waals surface area contributed by atoms with E-state index >= 15 is 0 Å². The maximum atomic E-state index is 13.4. The highest BCUT2D eigenvalue weighted by Crippen LogP contribution is 2.33. The summed E-state index contributed by atoms with van der Waals surface area (Å²) in [7, 11) is 4.74. The summed E-state index contributed by atoms with van der Waals surface area (Å²) in [5, 5.41) is 4.13. The van der Waals surface area contributed by atoms with Gasteiger partial charge in [0.15, 0.2) is 0 Å². The van der Waals surface area contributed by atoms with Crippen LogP contribution in [0.25, 0.3) is 11.4 Å². The molecule has 1 unspecified atom stereocenters. The number of hydrogen-bond donors (Lipinski definition) is 0. The molecule has 1 atom stereocenters. The lowest BCUT2D eigenvalue weighted by molar-refractivity contribution is 0.0560.